The van der Waals surface area contributed by atoms with E-state index in [2.05, 4.69) is 0 Å². The van der Waals surface area contributed by atoms with Gasteiger partial charge in [0, 0.05) is 30.6 Å². The molecule has 0 bridgehead atoms. The summed E-state index contributed by atoms with van der Waals surface area (Å²) in [6.07, 6.45) is 2.02. The van der Waals surface area contributed by atoms with Crippen molar-refractivity contribution < 1.29 is 9.53 Å². The highest BCUT2D eigenvalue weighted by atomic mass is 35.5. The Bertz CT molecular complexity index is 482. The van der Waals surface area contributed by atoms with Crippen LogP contribution in [0.4, 0.5) is 0 Å². The first kappa shape index (κ1) is 15.4. The lowest BCUT2D eigenvalue weighted by Crippen LogP contribution is -2.31. The summed E-state index contributed by atoms with van der Waals surface area (Å²) in [6, 6.07) is 5.21. The molecule has 0 unspecified atom stereocenters. The third-order valence-corrected chi connectivity index (χ3v) is 3.79. The molecule has 0 spiro atoms. The van der Waals surface area contributed by atoms with E-state index in [1.54, 1.807) is 18.2 Å². The maximum Gasteiger partial charge on any atom is 0.222 e. The molecule has 2 rings (SSSR count). The van der Waals surface area contributed by atoms with Gasteiger partial charge in [-0.3, -0.25) is 4.79 Å². The van der Waals surface area contributed by atoms with Gasteiger partial charge in [0.2, 0.25) is 5.91 Å². The molecular formula is C14H18Cl2N2O2. The predicted molar refractivity (Wildman–Crippen MR) is 80.4 cm³/mol. The Hall–Kier alpha value is -0.970. The maximum absolute atomic E-state index is 11.9. The largest absolute Gasteiger partial charge is 0.492 e. The Labute approximate surface area is 128 Å². The van der Waals surface area contributed by atoms with E-state index >= 15 is 0 Å². The van der Waals surface area contributed by atoms with Crippen LogP contribution in [0.2, 0.25) is 10.0 Å². The van der Waals surface area contributed by atoms with Crippen LogP contribution in [0.5, 0.6) is 5.75 Å². The van der Waals surface area contributed by atoms with Gasteiger partial charge in [-0.1, -0.05) is 23.2 Å². The molecule has 1 aliphatic rings. The molecule has 110 valence electrons. The molecule has 1 saturated heterocycles. The van der Waals surface area contributed by atoms with Gasteiger partial charge in [0.25, 0.3) is 0 Å². The first-order chi connectivity index (χ1) is 9.56. The number of hydrogen-bond donors (Lipinski definition) is 1. The third kappa shape index (κ3) is 4.27. The highest BCUT2D eigenvalue weighted by Gasteiger charge is 2.22. The minimum atomic E-state index is 0.128. The molecule has 1 aromatic carbocycles. The number of carbonyl (C=O) groups is 1. The Morgan fingerprint density at radius 3 is 2.90 bits per heavy atom. The molecule has 2 N–H and O–H groups in total. The quantitative estimate of drug-likeness (QED) is 0.850. The number of rotatable bonds is 5. The van der Waals surface area contributed by atoms with Gasteiger partial charge in [-0.05, 0) is 31.0 Å². The molecule has 1 aliphatic heterocycles. The molecule has 6 heteroatoms. The van der Waals surface area contributed by atoms with Crippen molar-refractivity contribution >= 4 is 29.1 Å². The zero-order valence-corrected chi connectivity index (χ0v) is 12.7. The fraction of sp³-hybridized carbons (Fsp3) is 0.500. The van der Waals surface area contributed by atoms with Crippen molar-refractivity contribution in [1.29, 1.82) is 0 Å². The van der Waals surface area contributed by atoms with Crippen molar-refractivity contribution in [3.05, 3.63) is 28.2 Å². The number of benzene rings is 1. The van der Waals surface area contributed by atoms with Crippen LogP contribution in [-0.4, -0.2) is 36.5 Å². The lowest BCUT2D eigenvalue weighted by molar-refractivity contribution is -0.130. The first-order valence-electron chi connectivity index (χ1n) is 6.67. The molecular weight excluding hydrogens is 299 g/mol. The van der Waals surface area contributed by atoms with Crippen LogP contribution in [0.3, 0.4) is 0 Å². The SMILES string of the molecule is N[C@H]1CCN(C(=O)CCCOc2ccc(Cl)cc2Cl)C1. The number of nitrogens with two attached hydrogens (primary N) is 1. The van der Waals surface area contributed by atoms with Crippen molar-refractivity contribution in [2.24, 2.45) is 5.73 Å². The van der Waals surface area contributed by atoms with Crippen LogP contribution in [0.25, 0.3) is 0 Å². The Morgan fingerprint density at radius 1 is 1.45 bits per heavy atom. The zero-order chi connectivity index (χ0) is 14.5. The third-order valence-electron chi connectivity index (χ3n) is 3.26. The maximum atomic E-state index is 11.9. The van der Waals surface area contributed by atoms with E-state index in [0.717, 1.165) is 13.0 Å². The minimum Gasteiger partial charge on any atom is -0.492 e. The molecule has 20 heavy (non-hydrogen) atoms. The number of amides is 1. The Morgan fingerprint density at radius 2 is 2.25 bits per heavy atom. The summed E-state index contributed by atoms with van der Waals surface area (Å²) in [7, 11) is 0. The summed E-state index contributed by atoms with van der Waals surface area (Å²) in [5.74, 6) is 0.732. The Balaban J connectivity index is 1.70. The molecule has 1 aromatic rings. The molecule has 0 aromatic heterocycles. The van der Waals surface area contributed by atoms with Gasteiger partial charge < -0.3 is 15.4 Å². The lowest BCUT2D eigenvalue weighted by atomic mass is 10.3. The molecule has 1 heterocycles. The van der Waals surface area contributed by atoms with Crippen molar-refractivity contribution in [1.82, 2.24) is 4.90 Å². The van der Waals surface area contributed by atoms with E-state index in [1.807, 2.05) is 4.90 Å². The molecule has 0 aliphatic carbocycles. The first-order valence-corrected chi connectivity index (χ1v) is 7.43. The number of carbonyl (C=O) groups excluding carboxylic acids is 1. The average Bonchev–Trinajstić information content (AvgIpc) is 2.83. The van der Waals surface area contributed by atoms with E-state index in [9.17, 15) is 4.79 Å². The van der Waals surface area contributed by atoms with Gasteiger partial charge in [-0.25, -0.2) is 0 Å². The summed E-state index contributed by atoms with van der Waals surface area (Å²) >= 11 is 11.8. The normalized spacial score (nSPS) is 18.4. The molecule has 1 atom stereocenters. The van der Waals surface area contributed by atoms with Crippen molar-refractivity contribution in [3.8, 4) is 5.75 Å². The summed E-state index contributed by atoms with van der Waals surface area (Å²) < 4.78 is 5.54. The standard InChI is InChI=1S/C14H18Cl2N2O2/c15-10-3-4-13(12(16)8-10)20-7-1-2-14(19)18-6-5-11(17)9-18/h3-4,8,11H,1-2,5-7,9,17H2/t11-/m0/s1. The fourth-order valence-corrected chi connectivity index (χ4v) is 2.63. The molecule has 4 nitrogen and oxygen atoms in total. The predicted octanol–water partition coefficient (Wildman–Crippen LogP) is 2.71. The van der Waals surface area contributed by atoms with Crippen LogP contribution in [0.1, 0.15) is 19.3 Å². The molecule has 1 amide bonds. The molecule has 1 fully saturated rings. The lowest BCUT2D eigenvalue weighted by Gasteiger charge is -2.15. The van der Waals surface area contributed by atoms with Crippen LogP contribution < -0.4 is 10.5 Å². The number of ether oxygens (including phenoxy) is 1. The summed E-state index contributed by atoms with van der Waals surface area (Å²) in [4.78, 5) is 13.7. The van der Waals surface area contributed by atoms with E-state index in [4.69, 9.17) is 33.7 Å². The summed E-state index contributed by atoms with van der Waals surface area (Å²) in [5.41, 5.74) is 5.78. The molecule has 0 radical (unpaired) electrons. The highest BCUT2D eigenvalue weighted by Crippen LogP contribution is 2.27. The number of nitrogens with zero attached hydrogens (tertiary/aromatic N) is 1. The second-order valence-electron chi connectivity index (χ2n) is 4.92. The summed E-state index contributed by atoms with van der Waals surface area (Å²) in [6.45, 7) is 1.89. The van der Waals surface area contributed by atoms with Gasteiger partial charge in [0.05, 0.1) is 11.6 Å². The van der Waals surface area contributed by atoms with Crippen LogP contribution in [-0.2, 0) is 4.79 Å². The van der Waals surface area contributed by atoms with Crippen molar-refractivity contribution in [2.75, 3.05) is 19.7 Å². The van der Waals surface area contributed by atoms with Crippen molar-refractivity contribution in [2.45, 2.75) is 25.3 Å². The van der Waals surface area contributed by atoms with Gasteiger partial charge in [0.1, 0.15) is 5.75 Å². The summed E-state index contributed by atoms with van der Waals surface area (Å²) in [5, 5.41) is 1.05. The van der Waals surface area contributed by atoms with E-state index in [-0.39, 0.29) is 11.9 Å². The van der Waals surface area contributed by atoms with Gasteiger partial charge in [0.15, 0.2) is 0 Å². The van der Waals surface area contributed by atoms with E-state index in [0.29, 0.717) is 41.8 Å². The van der Waals surface area contributed by atoms with Crippen molar-refractivity contribution in [3.63, 3.8) is 0 Å². The zero-order valence-electron chi connectivity index (χ0n) is 11.1. The van der Waals surface area contributed by atoms with Gasteiger partial charge >= 0.3 is 0 Å². The number of halogens is 2. The minimum absolute atomic E-state index is 0.128. The second kappa shape index (κ2) is 7.16. The second-order valence-corrected chi connectivity index (χ2v) is 5.76. The van der Waals surface area contributed by atoms with E-state index < -0.39 is 0 Å². The topological polar surface area (TPSA) is 55.6 Å². The van der Waals surface area contributed by atoms with Crippen LogP contribution >= 0.6 is 23.2 Å². The van der Waals surface area contributed by atoms with Gasteiger partial charge in [-0.15, -0.1) is 0 Å². The van der Waals surface area contributed by atoms with E-state index in [1.165, 1.54) is 0 Å². The highest BCUT2D eigenvalue weighted by molar-refractivity contribution is 6.35. The monoisotopic (exact) mass is 316 g/mol. The molecule has 0 saturated carbocycles. The number of hydrogen-bond acceptors (Lipinski definition) is 3. The van der Waals surface area contributed by atoms with Crippen LogP contribution in [0, 0.1) is 0 Å². The van der Waals surface area contributed by atoms with Gasteiger partial charge in [-0.2, -0.15) is 0 Å². The fourth-order valence-electron chi connectivity index (χ4n) is 2.17. The smallest absolute Gasteiger partial charge is 0.222 e. The number of likely N-dealkylation sites (tertiary alicyclic amines) is 1. The van der Waals surface area contributed by atoms with Crippen LogP contribution in [0.15, 0.2) is 18.2 Å². The average molecular weight is 317 g/mol. The Kier molecular flexibility index (Phi) is 5.52.